The molecule has 14 aromatic rings. The highest BCUT2D eigenvalue weighted by Gasteiger charge is 2.19. The van der Waals surface area contributed by atoms with Crippen LogP contribution in [-0.2, 0) is 32.4 Å². The molecule has 0 bridgehead atoms. The maximum atomic E-state index is 13.2. The van der Waals surface area contributed by atoms with E-state index in [9.17, 15) is 28.7 Å². The van der Waals surface area contributed by atoms with Gasteiger partial charge in [-0.1, -0.05) is 72.3 Å². The topological polar surface area (TPSA) is 229 Å². The minimum Gasteiger partial charge on any atom is -0.508 e. The van der Waals surface area contributed by atoms with Crippen LogP contribution in [0, 0.1) is 26.6 Å². The molecule has 0 aliphatic rings. The van der Waals surface area contributed by atoms with Crippen molar-refractivity contribution < 1.29 is 37.9 Å². The minimum atomic E-state index is -0.324. The van der Waals surface area contributed by atoms with Gasteiger partial charge in [0.15, 0.2) is 0 Å². The number of benzene rings is 7. The number of rotatable bonds is 23. The molecule has 2 N–H and O–H groups in total. The summed E-state index contributed by atoms with van der Waals surface area (Å²) in [5, 5.41) is 26.0. The molecular formula is C87H85ClFN11O11. The Morgan fingerprint density at radius 3 is 1.34 bits per heavy atom. The van der Waals surface area contributed by atoms with Crippen molar-refractivity contribution in [1.82, 2.24) is 47.6 Å². The molecule has 0 fully saturated rings. The number of nitrogens with one attached hydrogen (secondary N) is 1. The first kappa shape index (κ1) is 78.8. The Balaban J connectivity index is 0.000000147. The number of anilines is 1. The monoisotopic (exact) mass is 1510 g/mol. The number of pyridine rings is 4. The van der Waals surface area contributed by atoms with Gasteiger partial charge in [0.2, 0.25) is 0 Å². The number of hydrogen-bond donors (Lipinski definition) is 2. The summed E-state index contributed by atoms with van der Waals surface area (Å²) in [7, 11) is 7.17. The van der Waals surface area contributed by atoms with E-state index in [1.807, 2.05) is 197 Å². The number of aromatic hydroxyl groups is 1. The number of aryl methyl sites for hydroxylation is 6. The second kappa shape index (κ2) is 37.0. The van der Waals surface area contributed by atoms with Gasteiger partial charge in [-0.3, -0.25) is 51.5 Å². The van der Waals surface area contributed by atoms with E-state index in [2.05, 4.69) is 32.7 Å². The summed E-state index contributed by atoms with van der Waals surface area (Å²) in [4.78, 5) is 51.0. The van der Waals surface area contributed by atoms with E-state index in [0.717, 1.165) is 101 Å². The van der Waals surface area contributed by atoms with Crippen LogP contribution in [0.5, 0.6) is 40.2 Å². The Labute approximate surface area is 646 Å². The van der Waals surface area contributed by atoms with Crippen LogP contribution in [0.15, 0.2) is 269 Å². The van der Waals surface area contributed by atoms with Gasteiger partial charge in [0, 0.05) is 153 Å². The fourth-order valence-corrected chi connectivity index (χ4v) is 12.3. The first-order valence-electron chi connectivity index (χ1n) is 35.8. The van der Waals surface area contributed by atoms with Crippen LogP contribution in [0.3, 0.4) is 0 Å². The maximum absolute atomic E-state index is 13.2. The SMILES string of the molecule is CCOc1ccc(-n2cc(-c3ccc(F)cc3)c(Cl)cc2=O)c(C)c1.CCOc1ccc(-n2cc(-c3cnn(C)c3)c(NCc3ccccc3)cc2=O)c(C)c1.CCOc1ccc(-n2cc(-c3cnn(C)c3)c(OCCOC)cc2=O)c(C)c1.Cn1cc(-c2cn(-c3ccc(O)cc3)c(=O)cc2Oc2ccccc2)cn1. The summed E-state index contributed by atoms with van der Waals surface area (Å²) in [6, 6.07) is 54.9. The Hall–Kier alpha value is -13.3. The van der Waals surface area contributed by atoms with Crippen LogP contribution in [0.25, 0.3) is 67.3 Å². The molecule has 7 aromatic carbocycles. The maximum Gasteiger partial charge on any atom is 0.258 e. The first-order chi connectivity index (χ1) is 53.7. The highest BCUT2D eigenvalue weighted by Crippen LogP contribution is 2.36. The number of ether oxygens (including phenoxy) is 6. The van der Waals surface area contributed by atoms with Crippen molar-refractivity contribution in [2.45, 2.75) is 48.1 Å². The lowest BCUT2D eigenvalue weighted by molar-refractivity contribution is 0.146. The second-order valence-corrected chi connectivity index (χ2v) is 25.9. The summed E-state index contributed by atoms with van der Waals surface area (Å²) in [5.74, 6) is 3.76. The van der Waals surface area contributed by atoms with Crippen molar-refractivity contribution in [1.29, 1.82) is 0 Å². The summed E-state index contributed by atoms with van der Waals surface area (Å²) in [5.41, 5.74) is 13.5. The quantitative estimate of drug-likeness (QED) is 0.0567. The van der Waals surface area contributed by atoms with Gasteiger partial charge in [-0.2, -0.15) is 15.3 Å². The van der Waals surface area contributed by atoms with E-state index in [-0.39, 0.29) is 33.8 Å². The molecule has 0 saturated carbocycles. The van der Waals surface area contributed by atoms with E-state index in [4.69, 9.17) is 40.0 Å². The third kappa shape index (κ3) is 20.1. The molecule has 0 aliphatic carbocycles. The lowest BCUT2D eigenvalue weighted by atomic mass is 10.1. The molecule has 0 unspecified atom stereocenters. The molecule has 0 atom stereocenters. The third-order valence-corrected chi connectivity index (χ3v) is 17.8. The van der Waals surface area contributed by atoms with Gasteiger partial charge in [0.25, 0.3) is 22.2 Å². The summed E-state index contributed by atoms with van der Waals surface area (Å²) in [6.07, 6.45) is 18.1. The molecule has 0 amide bonds. The summed E-state index contributed by atoms with van der Waals surface area (Å²) in [6.45, 7) is 14.9. The van der Waals surface area contributed by atoms with Crippen LogP contribution in [-0.4, -0.2) is 92.9 Å². The molecular weight excluding hydrogens is 1430 g/mol. The van der Waals surface area contributed by atoms with E-state index in [1.165, 1.54) is 39.5 Å². The summed E-state index contributed by atoms with van der Waals surface area (Å²) < 4.78 is 58.1. The zero-order valence-electron chi connectivity index (χ0n) is 63.2. The smallest absolute Gasteiger partial charge is 0.258 e. The fourth-order valence-electron chi connectivity index (χ4n) is 12.1. The number of phenolic OH excluding ortho intramolecular Hbond substituents is 1. The number of phenols is 1. The predicted octanol–water partition coefficient (Wildman–Crippen LogP) is 16.3. The van der Waals surface area contributed by atoms with Gasteiger partial charge < -0.3 is 38.8 Å². The highest BCUT2D eigenvalue weighted by atomic mass is 35.5. The van der Waals surface area contributed by atoms with Gasteiger partial charge in [0.1, 0.15) is 52.7 Å². The lowest BCUT2D eigenvalue weighted by Crippen LogP contribution is -2.19. The van der Waals surface area contributed by atoms with Crippen LogP contribution in [0.1, 0.15) is 43.0 Å². The van der Waals surface area contributed by atoms with E-state index >= 15 is 0 Å². The number of para-hydroxylation sites is 1. The number of nitrogens with zero attached hydrogens (tertiary/aromatic N) is 10. The number of hydrogen-bond acceptors (Lipinski definition) is 15. The molecule has 14 rings (SSSR count). The largest absolute Gasteiger partial charge is 0.508 e. The van der Waals surface area contributed by atoms with E-state index in [1.54, 1.807) is 104 Å². The first-order valence-corrected chi connectivity index (χ1v) is 36.1. The zero-order valence-corrected chi connectivity index (χ0v) is 63.9. The Morgan fingerprint density at radius 1 is 0.432 bits per heavy atom. The fraction of sp³-hybridized carbons (Fsp3) is 0.184. The molecule has 0 spiro atoms. The van der Waals surface area contributed by atoms with E-state index in [0.29, 0.717) is 73.1 Å². The molecule has 0 radical (unpaired) electrons. The zero-order chi connectivity index (χ0) is 78.7. The van der Waals surface area contributed by atoms with Crippen molar-refractivity contribution in [3.63, 3.8) is 0 Å². The van der Waals surface area contributed by atoms with Crippen LogP contribution >= 0.6 is 11.6 Å². The predicted molar refractivity (Wildman–Crippen MR) is 432 cm³/mol. The second-order valence-electron chi connectivity index (χ2n) is 25.5. The van der Waals surface area contributed by atoms with Gasteiger partial charge in [-0.15, -0.1) is 0 Å². The van der Waals surface area contributed by atoms with Crippen LogP contribution in [0.2, 0.25) is 5.02 Å². The van der Waals surface area contributed by atoms with Crippen molar-refractivity contribution in [2.75, 3.05) is 45.5 Å². The molecule has 0 aliphatic heterocycles. The molecule has 111 heavy (non-hydrogen) atoms. The molecule has 7 aromatic heterocycles. The van der Waals surface area contributed by atoms with Crippen LogP contribution in [0.4, 0.5) is 10.1 Å². The third-order valence-electron chi connectivity index (χ3n) is 17.5. The Morgan fingerprint density at radius 2 is 0.865 bits per heavy atom. The average Bonchev–Trinajstić information content (AvgIpc) is 1.66. The summed E-state index contributed by atoms with van der Waals surface area (Å²) >= 11 is 6.24. The standard InChI is InChI=1S/C25H26N4O2.C21H25N3O4.C21H17N3O3.C20H17ClFNO2/c1-4-31-21-10-11-24(18(2)12-21)29-17-22(20-15-27-28(3)16-20)23(13-25(29)30)26-14-19-8-6-5-7-9-19;1-5-27-17-6-7-19(15(2)10-17)24-14-18(16-12-22-23(3)13-16)20(11-21(24)25)28-9-8-26-4;1-23-13-15(12-22-23)19-14-24(16-7-9-17(25)10-8-16)21(26)11-20(19)27-18-5-3-2-4-6-18;1-3-25-16-8-9-19(13(2)10-16)23-12-17(18(21)11-20(23)24)14-4-6-15(22)7-5-14/h5-13,15-17,26H,4,14H2,1-3H3;6-7,10-14H,5,8-9H2,1-4H3;2-14,25H,1H3;4-12H,3H2,1-2H3. The molecule has 7 heterocycles. The Kier molecular flexibility index (Phi) is 26.3. The highest BCUT2D eigenvalue weighted by molar-refractivity contribution is 6.33. The normalized spacial score (nSPS) is 10.8. The van der Waals surface area contributed by atoms with E-state index < -0.39 is 0 Å². The molecule has 0 saturated heterocycles. The minimum absolute atomic E-state index is 0.101. The molecule has 24 heteroatoms. The van der Waals surface area contributed by atoms with Crippen molar-refractivity contribution >= 4 is 17.3 Å². The number of methoxy groups -OCH3 is 1. The van der Waals surface area contributed by atoms with Gasteiger partial charge in [-0.05, 0) is 172 Å². The molecule has 22 nitrogen and oxygen atoms in total. The molecule has 568 valence electrons. The number of halogens is 2. The van der Waals surface area contributed by atoms with Crippen molar-refractivity contribution in [3.05, 3.63) is 325 Å². The van der Waals surface area contributed by atoms with Crippen LogP contribution < -0.4 is 51.2 Å². The van der Waals surface area contributed by atoms with Gasteiger partial charge >= 0.3 is 0 Å². The number of aromatic nitrogens is 10. The van der Waals surface area contributed by atoms with Crippen molar-refractivity contribution in [2.24, 2.45) is 21.1 Å². The Bertz CT molecular complexity index is 5760. The van der Waals surface area contributed by atoms with Crippen molar-refractivity contribution in [3.8, 4) is 108 Å². The van der Waals surface area contributed by atoms with Gasteiger partial charge in [-0.25, -0.2) is 4.39 Å². The lowest BCUT2D eigenvalue weighted by Gasteiger charge is -2.16. The van der Waals surface area contributed by atoms with Gasteiger partial charge in [0.05, 0.1) is 67.1 Å². The average molecular weight is 1520 g/mol.